The maximum Gasteiger partial charge on any atom is 0.341 e. The van der Waals surface area contributed by atoms with Crippen LogP contribution in [0, 0.1) is 0 Å². The van der Waals surface area contributed by atoms with E-state index in [9.17, 15) is 9.59 Å². The highest BCUT2D eigenvalue weighted by molar-refractivity contribution is 6.06. The number of aliphatic hydroxyl groups is 1. The molecule has 0 saturated carbocycles. The Hall–Kier alpha value is -2.67. The van der Waals surface area contributed by atoms with Crippen molar-refractivity contribution in [3.8, 4) is 0 Å². The normalized spacial score (nSPS) is 10.4. The van der Waals surface area contributed by atoms with E-state index in [0.29, 0.717) is 22.2 Å². The highest BCUT2D eigenvalue weighted by Crippen LogP contribution is 2.27. The molecule has 0 atom stereocenters. The predicted molar refractivity (Wildman–Crippen MR) is 84.6 cm³/mol. The molecule has 0 amide bonds. The van der Waals surface area contributed by atoms with Crippen molar-refractivity contribution < 1.29 is 24.2 Å². The van der Waals surface area contributed by atoms with Crippen LogP contribution in [0.1, 0.15) is 27.6 Å². The quantitative estimate of drug-likeness (QED) is 0.781. The van der Waals surface area contributed by atoms with E-state index in [-0.39, 0.29) is 25.3 Å². The van der Waals surface area contributed by atoms with Crippen molar-refractivity contribution in [1.29, 1.82) is 0 Å². The van der Waals surface area contributed by atoms with Crippen LogP contribution in [0.4, 0.5) is 5.69 Å². The van der Waals surface area contributed by atoms with Crippen molar-refractivity contribution in [1.82, 2.24) is 4.98 Å². The monoisotopic (exact) mass is 318 g/mol. The van der Waals surface area contributed by atoms with Crippen LogP contribution in [-0.4, -0.2) is 48.9 Å². The van der Waals surface area contributed by atoms with E-state index < -0.39 is 11.9 Å². The smallest absolute Gasteiger partial charge is 0.341 e. The number of rotatable bonds is 6. The molecule has 23 heavy (non-hydrogen) atoms. The van der Waals surface area contributed by atoms with E-state index >= 15 is 0 Å². The number of aromatic nitrogens is 1. The molecule has 2 N–H and O–H groups in total. The summed E-state index contributed by atoms with van der Waals surface area (Å²) in [7, 11) is 1.30. The summed E-state index contributed by atoms with van der Waals surface area (Å²) in [5, 5.41) is 12.6. The number of hydrogen-bond acceptors (Lipinski definition) is 7. The van der Waals surface area contributed by atoms with E-state index in [1.807, 2.05) is 0 Å². The number of carbonyl (C=O) groups is 2. The number of anilines is 1. The molecule has 7 nitrogen and oxygen atoms in total. The maximum absolute atomic E-state index is 12.1. The van der Waals surface area contributed by atoms with E-state index in [2.05, 4.69) is 10.3 Å². The number of nitrogens with zero attached hydrogens (tertiary/aromatic N) is 1. The zero-order valence-corrected chi connectivity index (χ0v) is 13.0. The number of ether oxygens (including phenoxy) is 2. The molecule has 7 heteroatoms. The lowest BCUT2D eigenvalue weighted by atomic mass is 10.1. The zero-order chi connectivity index (χ0) is 16.8. The van der Waals surface area contributed by atoms with E-state index in [4.69, 9.17) is 14.6 Å². The van der Waals surface area contributed by atoms with Gasteiger partial charge < -0.3 is 19.9 Å². The van der Waals surface area contributed by atoms with Crippen LogP contribution in [0.3, 0.4) is 0 Å². The van der Waals surface area contributed by atoms with Crippen LogP contribution in [0.5, 0.6) is 0 Å². The summed E-state index contributed by atoms with van der Waals surface area (Å²) in [5.74, 6) is -1.01. The molecule has 122 valence electrons. The number of hydrogen-bond donors (Lipinski definition) is 2. The second-order valence-corrected chi connectivity index (χ2v) is 4.64. The average Bonchev–Trinajstić information content (AvgIpc) is 2.58. The highest BCUT2D eigenvalue weighted by atomic mass is 16.5. The predicted octanol–water partition coefficient (Wildman–Crippen LogP) is 1.60. The first-order valence-corrected chi connectivity index (χ1v) is 7.15. The lowest BCUT2D eigenvalue weighted by molar-refractivity contribution is 0.0526. The summed E-state index contributed by atoms with van der Waals surface area (Å²) in [4.78, 5) is 28.0. The molecule has 0 saturated heterocycles. The summed E-state index contributed by atoms with van der Waals surface area (Å²) in [5.41, 5.74) is 1.66. The third-order valence-electron chi connectivity index (χ3n) is 3.20. The van der Waals surface area contributed by atoms with Crippen molar-refractivity contribution >= 4 is 28.5 Å². The molecule has 2 aromatic rings. The van der Waals surface area contributed by atoms with Gasteiger partial charge in [-0.2, -0.15) is 0 Å². The van der Waals surface area contributed by atoms with Gasteiger partial charge in [-0.15, -0.1) is 0 Å². The molecule has 0 fully saturated rings. The van der Waals surface area contributed by atoms with Crippen LogP contribution in [0.25, 0.3) is 10.9 Å². The van der Waals surface area contributed by atoms with Gasteiger partial charge in [0.25, 0.3) is 0 Å². The van der Waals surface area contributed by atoms with E-state index in [0.717, 1.165) is 0 Å². The Bertz CT molecular complexity index is 730. The number of carbonyl (C=O) groups excluding carboxylic acids is 2. The van der Waals surface area contributed by atoms with Crippen LogP contribution in [-0.2, 0) is 9.47 Å². The third-order valence-corrected chi connectivity index (χ3v) is 3.20. The SMILES string of the molecule is CCOC(=O)c1cnc2ccc(C(=O)OC)cc2c1NCCO. The van der Waals surface area contributed by atoms with Gasteiger partial charge in [0, 0.05) is 18.1 Å². The fourth-order valence-corrected chi connectivity index (χ4v) is 2.17. The molecule has 0 bridgehead atoms. The van der Waals surface area contributed by atoms with Crippen LogP contribution < -0.4 is 5.32 Å². The molecule has 0 unspecified atom stereocenters. The minimum absolute atomic E-state index is 0.108. The summed E-state index contributed by atoms with van der Waals surface area (Å²) in [6, 6.07) is 4.86. The lowest BCUT2D eigenvalue weighted by Gasteiger charge is -2.14. The second kappa shape index (κ2) is 7.55. The van der Waals surface area contributed by atoms with E-state index in [1.54, 1.807) is 25.1 Å². The van der Waals surface area contributed by atoms with Crippen molar-refractivity contribution in [2.75, 3.05) is 32.2 Å². The van der Waals surface area contributed by atoms with Crippen LogP contribution in [0.2, 0.25) is 0 Å². The molecule has 0 aliphatic carbocycles. The fraction of sp³-hybridized carbons (Fsp3) is 0.312. The molecular formula is C16H18N2O5. The van der Waals surface area contributed by atoms with Gasteiger partial charge >= 0.3 is 11.9 Å². The Kier molecular flexibility index (Phi) is 5.48. The number of benzene rings is 1. The van der Waals surface area contributed by atoms with Gasteiger partial charge in [-0.05, 0) is 25.1 Å². The highest BCUT2D eigenvalue weighted by Gasteiger charge is 2.18. The molecule has 1 heterocycles. The van der Waals surface area contributed by atoms with Gasteiger partial charge in [0.15, 0.2) is 0 Å². The molecular weight excluding hydrogens is 300 g/mol. The molecule has 0 radical (unpaired) electrons. The Balaban J connectivity index is 2.62. The lowest BCUT2D eigenvalue weighted by Crippen LogP contribution is -2.13. The zero-order valence-electron chi connectivity index (χ0n) is 13.0. The largest absolute Gasteiger partial charge is 0.465 e. The first-order valence-electron chi connectivity index (χ1n) is 7.15. The average molecular weight is 318 g/mol. The molecule has 0 spiro atoms. The number of nitrogens with one attached hydrogen (secondary N) is 1. The summed E-state index contributed by atoms with van der Waals surface area (Å²) < 4.78 is 9.73. The van der Waals surface area contributed by atoms with Gasteiger partial charge in [-0.3, -0.25) is 4.98 Å². The summed E-state index contributed by atoms with van der Waals surface area (Å²) in [6.45, 7) is 2.08. The molecule has 0 aliphatic heterocycles. The minimum atomic E-state index is -0.522. The molecule has 1 aromatic heterocycles. The number of pyridine rings is 1. The Morgan fingerprint density at radius 3 is 2.74 bits per heavy atom. The molecule has 1 aromatic carbocycles. The maximum atomic E-state index is 12.1. The first-order chi connectivity index (χ1) is 11.1. The Labute approximate surface area is 133 Å². The fourth-order valence-electron chi connectivity index (χ4n) is 2.17. The van der Waals surface area contributed by atoms with E-state index in [1.165, 1.54) is 13.3 Å². The molecule has 2 rings (SSSR count). The third kappa shape index (κ3) is 3.57. The van der Waals surface area contributed by atoms with Crippen molar-refractivity contribution in [3.05, 3.63) is 35.5 Å². The van der Waals surface area contributed by atoms with Gasteiger partial charge in [-0.25, -0.2) is 9.59 Å². The Morgan fingerprint density at radius 2 is 2.09 bits per heavy atom. The van der Waals surface area contributed by atoms with Crippen molar-refractivity contribution in [2.45, 2.75) is 6.92 Å². The van der Waals surface area contributed by atoms with Crippen LogP contribution >= 0.6 is 0 Å². The number of methoxy groups -OCH3 is 1. The number of esters is 2. The Morgan fingerprint density at radius 1 is 1.30 bits per heavy atom. The van der Waals surface area contributed by atoms with Gasteiger partial charge in [-0.1, -0.05) is 0 Å². The van der Waals surface area contributed by atoms with Gasteiger partial charge in [0.1, 0.15) is 5.56 Å². The number of fused-ring (bicyclic) bond motifs is 1. The summed E-state index contributed by atoms with van der Waals surface area (Å²) >= 11 is 0. The second-order valence-electron chi connectivity index (χ2n) is 4.64. The number of aliphatic hydroxyl groups excluding tert-OH is 1. The van der Waals surface area contributed by atoms with Crippen LogP contribution in [0.15, 0.2) is 24.4 Å². The van der Waals surface area contributed by atoms with Crippen molar-refractivity contribution in [3.63, 3.8) is 0 Å². The summed E-state index contributed by atoms with van der Waals surface area (Å²) in [6.07, 6.45) is 1.41. The van der Waals surface area contributed by atoms with Crippen molar-refractivity contribution in [2.24, 2.45) is 0 Å². The molecule has 0 aliphatic rings. The minimum Gasteiger partial charge on any atom is -0.465 e. The standard InChI is InChI=1S/C16H18N2O5/c1-3-23-16(21)12-9-18-13-5-4-10(15(20)22-2)8-11(13)14(12)17-6-7-19/h4-5,8-9,19H,3,6-7H2,1-2H3,(H,17,18). The topological polar surface area (TPSA) is 97.8 Å². The first kappa shape index (κ1) is 16.7. The van der Waals surface area contributed by atoms with Gasteiger partial charge in [0.2, 0.25) is 0 Å². The van der Waals surface area contributed by atoms with Gasteiger partial charge in [0.05, 0.1) is 37.1 Å².